The zero-order valence-corrected chi connectivity index (χ0v) is 10.5. The minimum atomic E-state index is -1.24. The van der Waals surface area contributed by atoms with Gasteiger partial charge in [-0.2, -0.15) is 0 Å². The minimum absolute atomic E-state index is 0.119. The molecule has 0 aromatic heterocycles. The molecular weight excluding hydrogens is 226 g/mol. The fourth-order valence-corrected chi connectivity index (χ4v) is 2.95. The van der Waals surface area contributed by atoms with Gasteiger partial charge in [0.1, 0.15) is 5.50 Å². The van der Waals surface area contributed by atoms with Gasteiger partial charge in [-0.15, -0.1) is 12.6 Å². The van der Waals surface area contributed by atoms with Crippen LogP contribution in [0, 0.1) is 5.92 Å². The predicted octanol–water partition coefficient (Wildman–Crippen LogP) is -1.26. The molecule has 0 aromatic carbocycles. The van der Waals surface area contributed by atoms with Crippen LogP contribution in [0.1, 0.15) is 6.92 Å². The Morgan fingerprint density at radius 3 is 2.88 bits per heavy atom. The van der Waals surface area contributed by atoms with Gasteiger partial charge < -0.3 is 15.5 Å². The van der Waals surface area contributed by atoms with Crippen LogP contribution in [0.5, 0.6) is 0 Å². The van der Waals surface area contributed by atoms with Crippen LogP contribution < -0.4 is 5.32 Å². The Labute approximate surface area is 102 Å². The smallest absolute Gasteiger partial charge is 0.155 e. The largest absolute Gasteiger partial charge is 0.368 e. The molecule has 0 amide bonds. The van der Waals surface area contributed by atoms with E-state index in [1.807, 2.05) is 6.92 Å². The molecule has 0 aromatic rings. The Kier molecular flexibility index (Phi) is 4.10. The first-order chi connectivity index (χ1) is 7.59. The molecule has 2 aliphatic rings. The van der Waals surface area contributed by atoms with Crippen LogP contribution in [0.25, 0.3) is 0 Å². The molecule has 5 nitrogen and oxygen atoms in total. The lowest BCUT2D eigenvalue weighted by Crippen LogP contribution is -2.50. The molecule has 3 atom stereocenters. The Bertz CT molecular complexity index is 242. The number of nitrogens with zero attached hydrogens (tertiary/aromatic N) is 2. The first-order valence-electron chi connectivity index (χ1n) is 5.84. The van der Waals surface area contributed by atoms with Crippen molar-refractivity contribution in [2.45, 2.75) is 24.8 Å². The molecule has 3 unspecified atom stereocenters. The van der Waals surface area contributed by atoms with E-state index in [4.69, 9.17) is 10.2 Å². The lowest BCUT2D eigenvalue weighted by atomic mass is 10.1. The Morgan fingerprint density at radius 2 is 2.25 bits per heavy atom. The van der Waals surface area contributed by atoms with E-state index in [1.165, 1.54) is 0 Å². The van der Waals surface area contributed by atoms with Gasteiger partial charge in [-0.1, -0.05) is 6.92 Å². The highest BCUT2D eigenvalue weighted by atomic mass is 32.1. The van der Waals surface area contributed by atoms with E-state index in [0.717, 1.165) is 26.2 Å². The molecular formula is C10H21N3O2S. The molecule has 2 fully saturated rings. The monoisotopic (exact) mass is 247 g/mol. The normalized spacial score (nSPS) is 34.3. The molecule has 2 rings (SSSR count). The summed E-state index contributed by atoms with van der Waals surface area (Å²) < 4.78 is 0. The van der Waals surface area contributed by atoms with Crippen LogP contribution in [-0.4, -0.2) is 70.6 Å². The van der Waals surface area contributed by atoms with Crippen molar-refractivity contribution in [3.8, 4) is 0 Å². The third kappa shape index (κ3) is 2.52. The van der Waals surface area contributed by atoms with Gasteiger partial charge in [0.05, 0.1) is 0 Å². The van der Waals surface area contributed by atoms with E-state index < -0.39 is 6.29 Å². The third-order valence-corrected chi connectivity index (χ3v) is 4.12. The van der Waals surface area contributed by atoms with Crippen molar-refractivity contribution in [3.63, 3.8) is 0 Å². The molecule has 94 valence electrons. The number of nitrogens with one attached hydrogen (secondary N) is 1. The van der Waals surface area contributed by atoms with Crippen molar-refractivity contribution < 1.29 is 10.2 Å². The van der Waals surface area contributed by atoms with E-state index in [9.17, 15) is 0 Å². The molecule has 2 heterocycles. The van der Waals surface area contributed by atoms with E-state index in [-0.39, 0.29) is 11.4 Å². The number of fused-ring (bicyclic) bond motifs is 1. The van der Waals surface area contributed by atoms with Crippen molar-refractivity contribution in [2.75, 3.05) is 32.7 Å². The Morgan fingerprint density at radius 1 is 1.50 bits per heavy atom. The second-order valence-corrected chi connectivity index (χ2v) is 5.25. The zero-order valence-electron chi connectivity index (χ0n) is 9.58. The summed E-state index contributed by atoms with van der Waals surface area (Å²) in [5.41, 5.74) is 0.119. The van der Waals surface area contributed by atoms with Crippen LogP contribution in [0.3, 0.4) is 0 Å². The van der Waals surface area contributed by atoms with Crippen molar-refractivity contribution in [3.05, 3.63) is 0 Å². The lowest BCUT2D eigenvalue weighted by molar-refractivity contribution is -0.0855. The average molecular weight is 247 g/mol. The van der Waals surface area contributed by atoms with E-state index in [0.29, 0.717) is 12.6 Å². The number of thiol groups is 1. The average Bonchev–Trinajstić information content (AvgIpc) is 2.56. The molecule has 0 aliphatic carbocycles. The molecule has 3 N–H and O–H groups in total. The highest BCUT2D eigenvalue weighted by molar-refractivity contribution is 7.80. The van der Waals surface area contributed by atoms with Gasteiger partial charge in [-0.25, -0.2) is 0 Å². The highest BCUT2D eigenvalue weighted by Crippen LogP contribution is 2.25. The summed E-state index contributed by atoms with van der Waals surface area (Å²) in [6.45, 7) is 6.52. The maximum Gasteiger partial charge on any atom is 0.155 e. The molecule has 0 saturated carbocycles. The van der Waals surface area contributed by atoms with Crippen molar-refractivity contribution >= 4 is 12.6 Å². The molecule has 6 heteroatoms. The van der Waals surface area contributed by atoms with Crippen LogP contribution in [0.4, 0.5) is 0 Å². The van der Waals surface area contributed by atoms with Gasteiger partial charge in [-0.05, 0) is 0 Å². The summed E-state index contributed by atoms with van der Waals surface area (Å²) in [5, 5.41) is 21.6. The number of piperazine rings is 1. The summed E-state index contributed by atoms with van der Waals surface area (Å²) in [6.07, 6.45) is -1.24. The summed E-state index contributed by atoms with van der Waals surface area (Å²) in [7, 11) is 0. The lowest BCUT2D eigenvalue weighted by Gasteiger charge is -2.32. The minimum Gasteiger partial charge on any atom is -0.368 e. The maximum atomic E-state index is 9.10. The molecule has 0 radical (unpaired) electrons. The van der Waals surface area contributed by atoms with Crippen molar-refractivity contribution in [1.82, 2.24) is 15.1 Å². The van der Waals surface area contributed by atoms with Gasteiger partial charge in [-0.3, -0.25) is 9.80 Å². The van der Waals surface area contributed by atoms with Crippen LogP contribution in [0.2, 0.25) is 0 Å². The van der Waals surface area contributed by atoms with Gasteiger partial charge in [0.15, 0.2) is 6.29 Å². The fourth-order valence-electron chi connectivity index (χ4n) is 2.46. The summed E-state index contributed by atoms with van der Waals surface area (Å²) in [5.74, 6) is -0.135. The fraction of sp³-hybridized carbons (Fsp3) is 1.00. The van der Waals surface area contributed by atoms with Crippen molar-refractivity contribution in [1.29, 1.82) is 0 Å². The molecule has 0 spiro atoms. The predicted molar refractivity (Wildman–Crippen MR) is 65.1 cm³/mol. The topological polar surface area (TPSA) is 59.0 Å². The first-order valence-corrected chi connectivity index (χ1v) is 6.36. The molecule has 16 heavy (non-hydrogen) atoms. The van der Waals surface area contributed by atoms with Crippen LogP contribution in [0.15, 0.2) is 0 Å². The number of hydrogen-bond acceptors (Lipinski definition) is 6. The highest BCUT2D eigenvalue weighted by Gasteiger charge is 2.39. The zero-order chi connectivity index (χ0) is 11.7. The van der Waals surface area contributed by atoms with Gasteiger partial charge >= 0.3 is 0 Å². The summed E-state index contributed by atoms with van der Waals surface area (Å²) >= 11 is 4.61. The van der Waals surface area contributed by atoms with E-state index >= 15 is 0 Å². The second-order valence-electron chi connectivity index (χ2n) is 4.79. The SMILES string of the molecule is CC(CN1CC2CNCCN2C1S)C(O)O. The van der Waals surface area contributed by atoms with E-state index in [1.54, 1.807) is 0 Å². The summed E-state index contributed by atoms with van der Waals surface area (Å²) in [4.78, 5) is 4.58. The van der Waals surface area contributed by atoms with Crippen LogP contribution >= 0.6 is 12.6 Å². The van der Waals surface area contributed by atoms with Gasteiger partial charge in [0, 0.05) is 44.7 Å². The Balaban J connectivity index is 1.92. The van der Waals surface area contributed by atoms with Crippen LogP contribution in [-0.2, 0) is 0 Å². The first kappa shape index (κ1) is 12.6. The van der Waals surface area contributed by atoms with Gasteiger partial charge in [0.25, 0.3) is 0 Å². The Hall–Kier alpha value is 0.150. The maximum absolute atomic E-state index is 9.10. The quantitative estimate of drug-likeness (QED) is 0.370. The van der Waals surface area contributed by atoms with Gasteiger partial charge in [0.2, 0.25) is 0 Å². The summed E-state index contributed by atoms with van der Waals surface area (Å²) in [6, 6.07) is 0.513. The van der Waals surface area contributed by atoms with Crippen molar-refractivity contribution in [2.24, 2.45) is 5.92 Å². The number of aliphatic hydroxyl groups excluding tert-OH is 1. The molecule has 2 aliphatic heterocycles. The van der Waals surface area contributed by atoms with E-state index in [2.05, 4.69) is 27.7 Å². The number of aliphatic hydroxyl groups is 2. The standard InChI is InChI=1S/C10H21N3O2S/c1-7(9(14)15)5-12-6-8-4-11-2-3-13(8)10(12)16/h7-11,14-16H,2-6H2,1H3. The molecule has 2 saturated heterocycles. The number of rotatable bonds is 3. The third-order valence-electron chi connectivity index (χ3n) is 3.50. The second kappa shape index (κ2) is 5.20. The number of hydrogen-bond donors (Lipinski definition) is 4. The molecule has 0 bridgehead atoms.